The molecular formula is C21H38O2. The van der Waals surface area contributed by atoms with Gasteiger partial charge in [-0.15, -0.1) is 0 Å². The Kier molecular flexibility index (Phi) is 18.1. The summed E-state index contributed by atoms with van der Waals surface area (Å²) in [4.78, 5) is 11.3. The van der Waals surface area contributed by atoms with Crippen molar-refractivity contribution in [3.05, 3.63) is 24.3 Å². The highest BCUT2D eigenvalue weighted by Gasteiger charge is 2.00. The van der Waals surface area contributed by atoms with Crippen LogP contribution in [0.5, 0.6) is 0 Å². The number of esters is 1. The van der Waals surface area contributed by atoms with Crippen molar-refractivity contribution >= 4 is 5.97 Å². The first-order chi connectivity index (χ1) is 11.3. The van der Waals surface area contributed by atoms with E-state index in [2.05, 4.69) is 31.2 Å². The second kappa shape index (κ2) is 19.0. The molecule has 0 fully saturated rings. The van der Waals surface area contributed by atoms with Gasteiger partial charge in [-0.25, -0.2) is 0 Å². The van der Waals surface area contributed by atoms with Crippen LogP contribution in [0, 0.1) is 0 Å². The van der Waals surface area contributed by atoms with E-state index in [0.29, 0.717) is 13.0 Å². The summed E-state index contributed by atoms with van der Waals surface area (Å²) in [6, 6.07) is 0. The fraction of sp³-hybridized carbons (Fsp3) is 0.762. The highest BCUT2D eigenvalue weighted by molar-refractivity contribution is 5.69. The SMILES string of the molecule is CCCCCC=CCC=CCCCCCCCC(=O)OCCC. The van der Waals surface area contributed by atoms with Gasteiger partial charge in [0.15, 0.2) is 0 Å². The van der Waals surface area contributed by atoms with Gasteiger partial charge in [-0.2, -0.15) is 0 Å². The molecule has 0 amide bonds. The summed E-state index contributed by atoms with van der Waals surface area (Å²) < 4.78 is 5.06. The monoisotopic (exact) mass is 322 g/mol. The van der Waals surface area contributed by atoms with Crippen molar-refractivity contribution in [2.45, 2.75) is 97.3 Å². The third-order valence-corrected chi connectivity index (χ3v) is 3.80. The molecule has 0 saturated carbocycles. The number of carbonyl (C=O) groups is 1. The van der Waals surface area contributed by atoms with Crippen LogP contribution in [0.25, 0.3) is 0 Å². The molecule has 0 heterocycles. The molecule has 0 atom stereocenters. The van der Waals surface area contributed by atoms with Crippen LogP contribution < -0.4 is 0 Å². The van der Waals surface area contributed by atoms with E-state index in [-0.39, 0.29) is 5.97 Å². The largest absolute Gasteiger partial charge is 0.466 e. The third kappa shape index (κ3) is 18.9. The zero-order valence-corrected chi connectivity index (χ0v) is 15.5. The number of allylic oxidation sites excluding steroid dienone is 4. The van der Waals surface area contributed by atoms with Gasteiger partial charge in [-0.05, 0) is 44.9 Å². The highest BCUT2D eigenvalue weighted by atomic mass is 16.5. The summed E-state index contributed by atoms with van der Waals surface area (Å²) in [5, 5.41) is 0. The van der Waals surface area contributed by atoms with E-state index in [1.807, 2.05) is 6.92 Å². The van der Waals surface area contributed by atoms with Crippen molar-refractivity contribution in [2.75, 3.05) is 6.61 Å². The summed E-state index contributed by atoms with van der Waals surface area (Å²) in [6.45, 7) is 4.83. The van der Waals surface area contributed by atoms with Crippen LogP contribution in [0.15, 0.2) is 24.3 Å². The number of unbranched alkanes of at least 4 members (excludes halogenated alkanes) is 8. The molecule has 0 unspecified atom stereocenters. The second-order valence-electron chi connectivity index (χ2n) is 6.20. The molecular weight excluding hydrogens is 284 g/mol. The molecule has 0 aliphatic heterocycles. The van der Waals surface area contributed by atoms with E-state index in [4.69, 9.17) is 4.74 Å². The molecule has 0 radical (unpaired) electrons. The maximum atomic E-state index is 11.3. The first-order valence-corrected chi connectivity index (χ1v) is 9.76. The maximum absolute atomic E-state index is 11.3. The Bertz CT molecular complexity index is 305. The summed E-state index contributed by atoms with van der Waals surface area (Å²) in [5.74, 6) is -0.0301. The minimum absolute atomic E-state index is 0.0301. The molecule has 2 heteroatoms. The normalized spacial score (nSPS) is 11.6. The zero-order valence-electron chi connectivity index (χ0n) is 15.5. The molecule has 0 aliphatic rings. The highest BCUT2D eigenvalue weighted by Crippen LogP contribution is 2.08. The molecule has 2 nitrogen and oxygen atoms in total. The third-order valence-electron chi connectivity index (χ3n) is 3.80. The van der Waals surface area contributed by atoms with Crippen molar-refractivity contribution in [1.29, 1.82) is 0 Å². The summed E-state index contributed by atoms with van der Waals surface area (Å²) >= 11 is 0. The van der Waals surface area contributed by atoms with Gasteiger partial charge >= 0.3 is 5.97 Å². The van der Waals surface area contributed by atoms with Crippen molar-refractivity contribution in [1.82, 2.24) is 0 Å². The predicted octanol–water partition coefficient (Wildman–Crippen LogP) is 6.75. The minimum Gasteiger partial charge on any atom is -0.466 e. The van der Waals surface area contributed by atoms with Crippen molar-refractivity contribution in [3.63, 3.8) is 0 Å². The Hall–Kier alpha value is -1.05. The molecule has 134 valence electrons. The zero-order chi connectivity index (χ0) is 17.0. The number of carbonyl (C=O) groups excluding carboxylic acids is 1. The van der Waals surface area contributed by atoms with Crippen LogP contribution >= 0.6 is 0 Å². The fourth-order valence-corrected chi connectivity index (χ4v) is 2.37. The van der Waals surface area contributed by atoms with E-state index >= 15 is 0 Å². The lowest BCUT2D eigenvalue weighted by Crippen LogP contribution is -2.04. The lowest BCUT2D eigenvalue weighted by Gasteiger charge is -2.02. The fourth-order valence-electron chi connectivity index (χ4n) is 2.37. The Morgan fingerprint density at radius 1 is 0.739 bits per heavy atom. The summed E-state index contributed by atoms with van der Waals surface area (Å²) in [5.41, 5.74) is 0. The van der Waals surface area contributed by atoms with Gasteiger partial charge in [0.1, 0.15) is 0 Å². The average molecular weight is 323 g/mol. The average Bonchev–Trinajstić information content (AvgIpc) is 2.56. The molecule has 0 bridgehead atoms. The first-order valence-electron chi connectivity index (χ1n) is 9.76. The molecule has 23 heavy (non-hydrogen) atoms. The molecule has 0 rings (SSSR count). The molecule has 0 aliphatic carbocycles. The second-order valence-corrected chi connectivity index (χ2v) is 6.20. The Morgan fingerprint density at radius 2 is 1.35 bits per heavy atom. The summed E-state index contributed by atoms with van der Waals surface area (Å²) in [7, 11) is 0. The Morgan fingerprint density at radius 3 is 2.00 bits per heavy atom. The van der Waals surface area contributed by atoms with E-state index in [1.54, 1.807) is 0 Å². The standard InChI is InChI=1S/C21H38O2/c1-3-5-6-7-8-9-10-11-12-13-14-15-16-17-18-19-21(22)23-20-4-2/h8-9,11-12H,3-7,10,13-20H2,1-2H3. The van der Waals surface area contributed by atoms with Crippen molar-refractivity contribution < 1.29 is 9.53 Å². The number of rotatable bonds is 16. The van der Waals surface area contributed by atoms with E-state index < -0.39 is 0 Å². The summed E-state index contributed by atoms with van der Waals surface area (Å²) in [6.07, 6.45) is 24.0. The predicted molar refractivity (Wildman–Crippen MR) is 101 cm³/mol. The van der Waals surface area contributed by atoms with E-state index in [0.717, 1.165) is 25.7 Å². The number of hydrogen-bond acceptors (Lipinski definition) is 2. The quantitative estimate of drug-likeness (QED) is 0.178. The van der Waals surface area contributed by atoms with Gasteiger partial charge in [-0.3, -0.25) is 4.79 Å². The molecule has 0 aromatic heterocycles. The van der Waals surface area contributed by atoms with Crippen LogP contribution in [0.4, 0.5) is 0 Å². The van der Waals surface area contributed by atoms with Crippen molar-refractivity contribution in [3.8, 4) is 0 Å². The van der Waals surface area contributed by atoms with E-state index in [9.17, 15) is 4.79 Å². The van der Waals surface area contributed by atoms with Gasteiger partial charge in [0.25, 0.3) is 0 Å². The smallest absolute Gasteiger partial charge is 0.305 e. The first kappa shape index (κ1) is 21.9. The topological polar surface area (TPSA) is 26.3 Å². The van der Waals surface area contributed by atoms with Gasteiger partial charge < -0.3 is 4.74 Å². The number of ether oxygens (including phenoxy) is 1. The van der Waals surface area contributed by atoms with Crippen LogP contribution in [0.3, 0.4) is 0 Å². The lowest BCUT2D eigenvalue weighted by atomic mass is 10.1. The van der Waals surface area contributed by atoms with Crippen molar-refractivity contribution in [2.24, 2.45) is 0 Å². The molecule has 0 N–H and O–H groups in total. The molecule has 0 aromatic rings. The van der Waals surface area contributed by atoms with E-state index in [1.165, 1.54) is 51.4 Å². The Balaban J connectivity index is 3.23. The lowest BCUT2D eigenvalue weighted by molar-refractivity contribution is -0.143. The van der Waals surface area contributed by atoms with Gasteiger partial charge in [0, 0.05) is 6.42 Å². The van der Waals surface area contributed by atoms with Gasteiger partial charge in [0.2, 0.25) is 0 Å². The van der Waals surface area contributed by atoms with Crippen LogP contribution in [-0.2, 0) is 9.53 Å². The Labute approximate surface area is 144 Å². The van der Waals surface area contributed by atoms with Gasteiger partial charge in [0.05, 0.1) is 6.61 Å². The minimum atomic E-state index is -0.0301. The molecule has 0 saturated heterocycles. The van der Waals surface area contributed by atoms with Crippen LogP contribution in [-0.4, -0.2) is 12.6 Å². The molecule has 0 aromatic carbocycles. The van der Waals surface area contributed by atoms with Gasteiger partial charge in [-0.1, -0.05) is 70.3 Å². The number of hydrogen-bond donors (Lipinski definition) is 0. The maximum Gasteiger partial charge on any atom is 0.305 e. The molecule has 0 spiro atoms. The van der Waals surface area contributed by atoms with Crippen LogP contribution in [0.1, 0.15) is 97.3 Å². The van der Waals surface area contributed by atoms with Crippen LogP contribution in [0.2, 0.25) is 0 Å².